The average molecular weight is 297 g/mol. The van der Waals surface area contributed by atoms with Gasteiger partial charge in [0.25, 0.3) is 0 Å². The molecule has 2 amide bonds. The summed E-state index contributed by atoms with van der Waals surface area (Å²) >= 11 is 11.7. The van der Waals surface area contributed by atoms with Crippen LogP contribution in [0.25, 0.3) is 0 Å². The number of hydrogen-bond donors (Lipinski definition) is 2. The van der Waals surface area contributed by atoms with E-state index in [1.165, 1.54) is 6.07 Å². The number of rotatable bonds is 2. The number of carbonyl (C=O) groups is 1. The molecule has 0 fully saturated rings. The van der Waals surface area contributed by atoms with Gasteiger partial charge in [-0.3, -0.25) is 5.21 Å². The molecule has 0 atom stereocenters. The maximum atomic E-state index is 11.8. The van der Waals surface area contributed by atoms with Gasteiger partial charge < -0.3 is 5.32 Å². The van der Waals surface area contributed by atoms with Gasteiger partial charge in [-0.25, -0.2) is 4.79 Å². The van der Waals surface area contributed by atoms with Crippen molar-refractivity contribution in [1.82, 2.24) is 0 Å². The van der Waals surface area contributed by atoms with E-state index in [0.29, 0.717) is 20.8 Å². The van der Waals surface area contributed by atoms with Gasteiger partial charge in [0.1, 0.15) is 0 Å². The van der Waals surface area contributed by atoms with Crippen LogP contribution in [0.4, 0.5) is 16.2 Å². The molecule has 0 aliphatic carbocycles. The van der Waals surface area contributed by atoms with Crippen LogP contribution in [0.15, 0.2) is 48.5 Å². The zero-order valence-electron chi connectivity index (χ0n) is 9.68. The Balaban J connectivity index is 2.14. The number of amides is 2. The molecule has 2 aromatic carbocycles. The molecule has 98 valence electrons. The second-order valence-electron chi connectivity index (χ2n) is 3.70. The SMILES string of the molecule is O=C(Nc1ccccc1Cl)N(O)c1cccc(Cl)c1. The fraction of sp³-hybridized carbons (Fsp3) is 0. The van der Waals surface area contributed by atoms with Crippen LogP contribution in [0.3, 0.4) is 0 Å². The molecule has 4 nitrogen and oxygen atoms in total. The Morgan fingerprint density at radius 2 is 1.84 bits per heavy atom. The van der Waals surface area contributed by atoms with E-state index in [9.17, 15) is 10.0 Å². The zero-order valence-corrected chi connectivity index (χ0v) is 11.2. The molecular formula is C13H10Cl2N2O2. The molecule has 0 unspecified atom stereocenters. The smallest absolute Gasteiger partial charge is 0.304 e. The van der Waals surface area contributed by atoms with Crippen molar-refractivity contribution in [1.29, 1.82) is 0 Å². The van der Waals surface area contributed by atoms with Crippen LogP contribution in [-0.4, -0.2) is 11.2 Å². The van der Waals surface area contributed by atoms with Crippen molar-refractivity contribution in [3.63, 3.8) is 0 Å². The van der Waals surface area contributed by atoms with Gasteiger partial charge >= 0.3 is 6.03 Å². The predicted octanol–water partition coefficient (Wildman–Crippen LogP) is 4.42. The lowest BCUT2D eigenvalue weighted by Gasteiger charge is -2.16. The maximum Gasteiger partial charge on any atom is 0.350 e. The monoisotopic (exact) mass is 296 g/mol. The molecule has 0 aromatic heterocycles. The number of hydrogen-bond acceptors (Lipinski definition) is 2. The molecule has 0 heterocycles. The molecule has 2 aromatic rings. The molecule has 0 spiro atoms. The molecule has 0 radical (unpaired) electrons. The molecule has 0 aliphatic rings. The fourth-order valence-electron chi connectivity index (χ4n) is 1.46. The Bertz CT molecular complexity index is 605. The number of urea groups is 1. The summed E-state index contributed by atoms with van der Waals surface area (Å²) in [7, 11) is 0. The largest absolute Gasteiger partial charge is 0.350 e. The summed E-state index contributed by atoms with van der Waals surface area (Å²) in [5.41, 5.74) is 0.673. The highest BCUT2D eigenvalue weighted by atomic mass is 35.5. The Morgan fingerprint density at radius 3 is 2.53 bits per heavy atom. The number of halogens is 2. The quantitative estimate of drug-likeness (QED) is 0.636. The summed E-state index contributed by atoms with van der Waals surface area (Å²) in [4.78, 5) is 11.8. The summed E-state index contributed by atoms with van der Waals surface area (Å²) in [6.45, 7) is 0. The first-order valence-electron chi connectivity index (χ1n) is 5.38. The minimum absolute atomic E-state index is 0.261. The third kappa shape index (κ3) is 3.38. The fourth-order valence-corrected chi connectivity index (χ4v) is 1.82. The van der Waals surface area contributed by atoms with E-state index in [-0.39, 0.29) is 5.69 Å². The van der Waals surface area contributed by atoms with Crippen LogP contribution >= 0.6 is 23.2 Å². The van der Waals surface area contributed by atoms with E-state index < -0.39 is 6.03 Å². The Morgan fingerprint density at radius 1 is 1.11 bits per heavy atom. The normalized spacial score (nSPS) is 10.1. The predicted molar refractivity (Wildman–Crippen MR) is 76.2 cm³/mol. The van der Waals surface area contributed by atoms with Gasteiger partial charge in [-0.1, -0.05) is 41.4 Å². The van der Waals surface area contributed by atoms with Crippen LogP contribution < -0.4 is 10.4 Å². The van der Waals surface area contributed by atoms with Gasteiger partial charge in [-0.05, 0) is 30.3 Å². The van der Waals surface area contributed by atoms with Gasteiger partial charge in [0, 0.05) is 5.02 Å². The molecule has 0 aliphatic heterocycles. The molecular weight excluding hydrogens is 287 g/mol. The Labute approximate surface area is 120 Å². The lowest BCUT2D eigenvalue weighted by Crippen LogP contribution is -2.31. The van der Waals surface area contributed by atoms with Gasteiger partial charge in [0.05, 0.1) is 16.4 Å². The second kappa shape index (κ2) is 5.93. The van der Waals surface area contributed by atoms with E-state index in [2.05, 4.69) is 5.32 Å². The minimum atomic E-state index is -0.727. The maximum absolute atomic E-state index is 11.8. The van der Waals surface area contributed by atoms with E-state index in [0.717, 1.165) is 0 Å². The molecule has 0 bridgehead atoms. The van der Waals surface area contributed by atoms with Gasteiger partial charge in [0.15, 0.2) is 0 Å². The van der Waals surface area contributed by atoms with Crippen molar-refractivity contribution in [2.24, 2.45) is 0 Å². The van der Waals surface area contributed by atoms with E-state index >= 15 is 0 Å². The first-order chi connectivity index (χ1) is 9.08. The number of anilines is 2. The standard InChI is InChI=1S/C13H10Cl2N2O2/c14-9-4-3-5-10(8-9)17(19)13(18)16-12-7-2-1-6-11(12)15/h1-8,19H,(H,16,18). The van der Waals surface area contributed by atoms with Gasteiger partial charge in [0.2, 0.25) is 0 Å². The van der Waals surface area contributed by atoms with Crippen molar-refractivity contribution in [2.45, 2.75) is 0 Å². The second-order valence-corrected chi connectivity index (χ2v) is 4.55. The zero-order chi connectivity index (χ0) is 13.8. The summed E-state index contributed by atoms with van der Waals surface area (Å²) in [6, 6.07) is 12.3. The van der Waals surface area contributed by atoms with Crippen LogP contribution in [0.2, 0.25) is 10.0 Å². The molecule has 19 heavy (non-hydrogen) atoms. The molecule has 0 saturated carbocycles. The van der Waals surface area contributed by atoms with Crippen molar-refractivity contribution in [2.75, 3.05) is 10.4 Å². The Kier molecular flexibility index (Phi) is 4.27. The summed E-state index contributed by atoms with van der Waals surface area (Å²) in [6.07, 6.45) is 0. The number of hydroxylamine groups is 1. The first-order valence-corrected chi connectivity index (χ1v) is 6.13. The lowest BCUT2D eigenvalue weighted by atomic mass is 10.3. The summed E-state index contributed by atoms with van der Waals surface area (Å²) in [5, 5.41) is 13.5. The number of nitrogens with zero attached hydrogens (tertiary/aromatic N) is 1. The summed E-state index contributed by atoms with van der Waals surface area (Å²) in [5.74, 6) is 0. The van der Waals surface area contributed by atoms with Crippen molar-refractivity contribution in [3.8, 4) is 0 Å². The number of nitrogens with one attached hydrogen (secondary N) is 1. The minimum Gasteiger partial charge on any atom is -0.304 e. The molecule has 6 heteroatoms. The molecule has 2 rings (SSSR count). The number of benzene rings is 2. The highest BCUT2D eigenvalue weighted by molar-refractivity contribution is 6.33. The lowest BCUT2D eigenvalue weighted by molar-refractivity contribution is 0.216. The van der Waals surface area contributed by atoms with Crippen LogP contribution in [0, 0.1) is 0 Å². The van der Waals surface area contributed by atoms with Crippen molar-refractivity contribution < 1.29 is 10.0 Å². The summed E-state index contributed by atoms with van der Waals surface area (Å²) < 4.78 is 0. The number of carbonyl (C=O) groups excluding carboxylic acids is 1. The molecule has 2 N–H and O–H groups in total. The van der Waals surface area contributed by atoms with E-state index in [4.69, 9.17) is 23.2 Å². The van der Waals surface area contributed by atoms with Crippen LogP contribution in [-0.2, 0) is 0 Å². The topological polar surface area (TPSA) is 52.6 Å². The van der Waals surface area contributed by atoms with E-state index in [1.807, 2.05) is 0 Å². The van der Waals surface area contributed by atoms with Crippen LogP contribution in [0.5, 0.6) is 0 Å². The average Bonchev–Trinajstić information content (AvgIpc) is 2.40. The van der Waals surface area contributed by atoms with Gasteiger partial charge in [-0.2, -0.15) is 5.06 Å². The number of para-hydroxylation sites is 1. The first kappa shape index (κ1) is 13.7. The third-order valence-corrected chi connectivity index (χ3v) is 2.93. The van der Waals surface area contributed by atoms with Gasteiger partial charge in [-0.15, -0.1) is 0 Å². The van der Waals surface area contributed by atoms with Crippen molar-refractivity contribution >= 4 is 40.6 Å². The highest BCUT2D eigenvalue weighted by Gasteiger charge is 2.14. The van der Waals surface area contributed by atoms with E-state index in [1.54, 1.807) is 42.5 Å². The van der Waals surface area contributed by atoms with Crippen LogP contribution in [0.1, 0.15) is 0 Å². The third-order valence-electron chi connectivity index (χ3n) is 2.36. The van der Waals surface area contributed by atoms with Crippen molar-refractivity contribution in [3.05, 3.63) is 58.6 Å². The molecule has 0 saturated heterocycles. The Hall–Kier alpha value is -1.75. The highest BCUT2D eigenvalue weighted by Crippen LogP contribution is 2.22.